The first kappa shape index (κ1) is 24.4. The molecule has 0 aliphatic heterocycles. The molecule has 3 atom stereocenters. The molecule has 1 fully saturated rings. The molecule has 0 radical (unpaired) electrons. The molecule has 1 aliphatic rings. The molecule has 0 saturated heterocycles. The van der Waals surface area contributed by atoms with E-state index in [2.05, 4.69) is 27.4 Å². The number of hydrogen-bond acceptors (Lipinski definition) is 5. The molecule has 0 spiro atoms. The monoisotopic (exact) mass is 429 g/mol. The molecule has 9 heteroatoms. The molecule has 3 rings (SSSR count). The molecule has 1 aromatic carbocycles. The number of nitrogens with zero attached hydrogens (tertiary/aromatic N) is 2. The summed E-state index contributed by atoms with van der Waals surface area (Å²) in [6.07, 6.45) is 3.21. The number of aromatic nitrogens is 3. The summed E-state index contributed by atoms with van der Waals surface area (Å²) >= 11 is 0. The highest BCUT2D eigenvalue weighted by Gasteiger charge is 2.32. The number of halogens is 2. The molecule has 1 aliphatic carbocycles. The van der Waals surface area contributed by atoms with Crippen LogP contribution < -0.4 is 11.1 Å². The second kappa shape index (κ2) is 12.0. The summed E-state index contributed by atoms with van der Waals surface area (Å²) < 4.78 is 5.81. The van der Waals surface area contributed by atoms with Crippen molar-refractivity contribution in [1.82, 2.24) is 20.5 Å². The van der Waals surface area contributed by atoms with Crippen molar-refractivity contribution < 1.29 is 9.53 Å². The highest BCUT2D eigenvalue weighted by atomic mass is 35.5. The zero-order chi connectivity index (χ0) is 18.4. The molecule has 0 bridgehead atoms. The number of carbonyl (C=O) groups excluding carboxylic acids is 1. The Bertz CT molecular complexity index is 713. The minimum Gasteiger partial charge on any atom is -0.377 e. The Morgan fingerprint density at radius 2 is 2.04 bits per heavy atom. The van der Waals surface area contributed by atoms with E-state index in [1.165, 1.54) is 0 Å². The van der Waals surface area contributed by atoms with Gasteiger partial charge in [-0.1, -0.05) is 37.3 Å². The van der Waals surface area contributed by atoms with Crippen LogP contribution in [-0.2, 0) is 16.1 Å². The van der Waals surface area contributed by atoms with Gasteiger partial charge in [0.25, 0.3) is 0 Å². The number of hydrogen-bond donors (Lipinski definition) is 3. The van der Waals surface area contributed by atoms with Crippen LogP contribution in [0.4, 0.5) is 0 Å². The normalized spacial score (nSPS) is 21.3. The number of nitrogens with one attached hydrogen (secondary N) is 2. The third kappa shape index (κ3) is 6.44. The summed E-state index contributed by atoms with van der Waals surface area (Å²) in [5.74, 6) is 1.24. The lowest BCUT2D eigenvalue weighted by atomic mass is 9.83. The smallest absolute Gasteiger partial charge is 0.223 e. The minimum absolute atomic E-state index is 0. The van der Waals surface area contributed by atoms with Gasteiger partial charge in [0, 0.05) is 24.1 Å². The van der Waals surface area contributed by atoms with E-state index in [1.54, 1.807) is 0 Å². The summed E-state index contributed by atoms with van der Waals surface area (Å²) in [5.41, 5.74) is 7.07. The number of amides is 1. The van der Waals surface area contributed by atoms with Crippen molar-refractivity contribution in [3.8, 4) is 11.4 Å². The Kier molecular flexibility index (Phi) is 10.5. The van der Waals surface area contributed by atoms with Crippen molar-refractivity contribution in [3.63, 3.8) is 0 Å². The number of benzene rings is 1. The molecule has 156 valence electrons. The van der Waals surface area contributed by atoms with Gasteiger partial charge in [0.2, 0.25) is 5.91 Å². The van der Waals surface area contributed by atoms with E-state index in [0.29, 0.717) is 31.2 Å². The molecule has 1 amide bonds. The summed E-state index contributed by atoms with van der Waals surface area (Å²) in [6, 6.07) is 9.76. The highest BCUT2D eigenvalue weighted by Crippen LogP contribution is 2.26. The Balaban J connectivity index is 0.00000196. The lowest BCUT2D eigenvalue weighted by Gasteiger charge is -2.33. The molecule has 2 aromatic rings. The maximum absolute atomic E-state index is 12.5. The average Bonchev–Trinajstić information content (AvgIpc) is 3.15. The molecular weight excluding hydrogens is 401 g/mol. The van der Waals surface area contributed by atoms with Crippen LogP contribution in [0.25, 0.3) is 11.4 Å². The number of aromatic amines is 1. The summed E-state index contributed by atoms with van der Waals surface area (Å²) in [4.78, 5) is 16.9. The number of H-pyrrole nitrogens is 1. The van der Waals surface area contributed by atoms with E-state index in [1.807, 2.05) is 30.3 Å². The van der Waals surface area contributed by atoms with Gasteiger partial charge in [0.15, 0.2) is 5.82 Å². The van der Waals surface area contributed by atoms with Gasteiger partial charge in [-0.2, -0.15) is 5.10 Å². The van der Waals surface area contributed by atoms with Gasteiger partial charge in [0.05, 0.1) is 12.6 Å². The lowest BCUT2D eigenvalue weighted by Crippen LogP contribution is -2.45. The molecule has 4 N–H and O–H groups in total. The Labute approximate surface area is 178 Å². The zero-order valence-electron chi connectivity index (χ0n) is 16.0. The van der Waals surface area contributed by atoms with Crippen LogP contribution in [0.15, 0.2) is 30.3 Å². The molecule has 1 saturated carbocycles. The van der Waals surface area contributed by atoms with E-state index in [-0.39, 0.29) is 48.8 Å². The number of nitrogens with two attached hydrogens (primary N) is 1. The predicted molar refractivity (Wildman–Crippen MR) is 114 cm³/mol. The van der Waals surface area contributed by atoms with Crippen molar-refractivity contribution >= 4 is 30.7 Å². The van der Waals surface area contributed by atoms with Crippen LogP contribution in [0.2, 0.25) is 0 Å². The van der Waals surface area contributed by atoms with Crippen molar-refractivity contribution in [2.45, 2.75) is 51.3 Å². The van der Waals surface area contributed by atoms with Gasteiger partial charge < -0.3 is 15.8 Å². The third-order valence-electron chi connectivity index (χ3n) is 4.74. The molecule has 1 aromatic heterocycles. The maximum Gasteiger partial charge on any atom is 0.223 e. The Morgan fingerprint density at radius 1 is 1.29 bits per heavy atom. The van der Waals surface area contributed by atoms with E-state index in [9.17, 15) is 4.79 Å². The number of carbonyl (C=O) groups is 1. The standard InChI is InChI=1S/C19H27N5O2.2ClH/c1-2-10-26-16-11-14(8-9-15(16)20)19(25)21-12-17-22-18(24-23-17)13-6-4-3-5-7-13;;/h3-7,14-16H,2,8-12,20H2,1H3,(H,21,25)(H,22,23,24);2*1H/t14-,15+,16+;;/m0../s1. The van der Waals surface area contributed by atoms with Crippen LogP contribution in [0.5, 0.6) is 0 Å². The summed E-state index contributed by atoms with van der Waals surface area (Å²) in [7, 11) is 0. The zero-order valence-corrected chi connectivity index (χ0v) is 17.6. The highest BCUT2D eigenvalue weighted by molar-refractivity contribution is 5.85. The number of ether oxygens (including phenoxy) is 1. The van der Waals surface area contributed by atoms with Gasteiger partial charge in [0.1, 0.15) is 5.82 Å². The van der Waals surface area contributed by atoms with E-state index in [4.69, 9.17) is 10.5 Å². The third-order valence-corrected chi connectivity index (χ3v) is 4.74. The minimum atomic E-state index is -0.0619. The van der Waals surface area contributed by atoms with Crippen molar-refractivity contribution in [2.24, 2.45) is 11.7 Å². The quantitative estimate of drug-likeness (QED) is 0.627. The predicted octanol–water partition coefficient (Wildman–Crippen LogP) is 2.85. The fourth-order valence-corrected chi connectivity index (χ4v) is 3.26. The topological polar surface area (TPSA) is 106 Å². The lowest BCUT2D eigenvalue weighted by molar-refractivity contribution is -0.128. The first-order valence-corrected chi connectivity index (χ1v) is 9.29. The van der Waals surface area contributed by atoms with Gasteiger partial charge in [-0.15, -0.1) is 24.8 Å². The molecule has 1 heterocycles. The first-order chi connectivity index (χ1) is 12.7. The molecule has 28 heavy (non-hydrogen) atoms. The average molecular weight is 430 g/mol. The Morgan fingerprint density at radius 3 is 2.75 bits per heavy atom. The van der Waals surface area contributed by atoms with Gasteiger partial charge in [-0.3, -0.25) is 9.89 Å². The largest absolute Gasteiger partial charge is 0.377 e. The second-order valence-corrected chi connectivity index (χ2v) is 6.77. The van der Waals surface area contributed by atoms with E-state index < -0.39 is 0 Å². The van der Waals surface area contributed by atoms with Crippen molar-refractivity contribution in [1.29, 1.82) is 0 Å². The van der Waals surface area contributed by atoms with Gasteiger partial charge in [-0.25, -0.2) is 4.98 Å². The fraction of sp³-hybridized carbons (Fsp3) is 0.526. The van der Waals surface area contributed by atoms with Crippen LogP contribution in [-0.4, -0.2) is 39.8 Å². The maximum atomic E-state index is 12.5. The summed E-state index contributed by atoms with van der Waals surface area (Å²) in [6.45, 7) is 3.09. The Hall–Kier alpha value is -1.67. The molecule has 0 unspecified atom stereocenters. The van der Waals surface area contributed by atoms with Crippen molar-refractivity contribution in [2.75, 3.05) is 6.61 Å². The second-order valence-electron chi connectivity index (χ2n) is 6.77. The molecular formula is C19H29Cl2N5O2. The first-order valence-electron chi connectivity index (χ1n) is 9.29. The molecule has 7 nitrogen and oxygen atoms in total. The van der Waals surface area contributed by atoms with Crippen molar-refractivity contribution in [3.05, 3.63) is 36.2 Å². The van der Waals surface area contributed by atoms with Crippen LogP contribution in [0.1, 0.15) is 38.4 Å². The van der Waals surface area contributed by atoms with Gasteiger partial charge in [-0.05, 0) is 25.7 Å². The van der Waals surface area contributed by atoms with E-state index >= 15 is 0 Å². The van der Waals surface area contributed by atoms with Crippen LogP contribution in [0.3, 0.4) is 0 Å². The van der Waals surface area contributed by atoms with Crippen LogP contribution in [0, 0.1) is 5.92 Å². The van der Waals surface area contributed by atoms with E-state index in [0.717, 1.165) is 24.8 Å². The summed E-state index contributed by atoms with van der Waals surface area (Å²) in [5, 5.41) is 10.1. The van der Waals surface area contributed by atoms with Gasteiger partial charge >= 0.3 is 0 Å². The fourth-order valence-electron chi connectivity index (χ4n) is 3.26. The SMILES string of the molecule is CCCO[C@@H]1C[C@@H](C(=O)NCc2nc(-c3ccccc3)n[nH]2)CC[C@H]1N.Cl.Cl. The number of rotatable bonds is 7. The van der Waals surface area contributed by atoms with Crippen LogP contribution >= 0.6 is 24.8 Å².